The minimum atomic E-state index is -0.222. The largest absolute Gasteiger partial charge is 0.332 e. The zero-order chi connectivity index (χ0) is 19.5. The Morgan fingerprint density at radius 1 is 1.07 bits per heavy atom. The summed E-state index contributed by atoms with van der Waals surface area (Å²) in [6.45, 7) is 2.60. The molecule has 0 spiro atoms. The molecular weight excluding hydrogens is 352 g/mol. The van der Waals surface area contributed by atoms with E-state index in [1.165, 1.54) is 0 Å². The molecule has 1 saturated heterocycles. The number of likely N-dealkylation sites (tertiary alicyclic amines) is 1. The lowest BCUT2D eigenvalue weighted by Crippen LogP contribution is -2.35. The van der Waals surface area contributed by atoms with Crippen LogP contribution in [0.3, 0.4) is 0 Å². The quantitative estimate of drug-likeness (QED) is 0.876. The molecule has 1 atom stereocenters. The minimum absolute atomic E-state index is 0.0713. The topological polar surface area (TPSA) is 75.2 Å². The van der Waals surface area contributed by atoms with Gasteiger partial charge in [-0.15, -0.1) is 0 Å². The number of benzene rings is 1. The number of nitrogens with zero attached hydrogens (tertiary/aromatic N) is 3. The predicted molar refractivity (Wildman–Crippen MR) is 107 cm³/mol. The van der Waals surface area contributed by atoms with E-state index in [9.17, 15) is 9.59 Å². The monoisotopic (exact) mass is 378 g/mol. The summed E-state index contributed by atoms with van der Waals surface area (Å²) < 4.78 is 0. The summed E-state index contributed by atoms with van der Waals surface area (Å²) in [7, 11) is 0. The average Bonchev–Trinajstić information content (AvgIpc) is 3.40. The predicted octanol–water partition coefficient (Wildman–Crippen LogP) is 3.89. The van der Waals surface area contributed by atoms with Crippen LogP contribution in [-0.2, 0) is 4.79 Å². The first-order valence-corrected chi connectivity index (χ1v) is 10.1. The van der Waals surface area contributed by atoms with E-state index in [4.69, 9.17) is 0 Å². The molecule has 2 fully saturated rings. The molecule has 1 aliphatic carbocycles. The van der Waals surface area contributed by atoms with Crippen LogP contribution < -0.4 is 5.32 Å². The molecular formula is C22H26N4O2. The molecule has 1 aromatic carbocycles. The number of carbonyl (C=O) groups is 2. The first-order valence-electron chi connectivity index (χ1n) is 10.1. The fourth-order valence-electron chi connectivity index (χ4n) is 4.29. The molecule has 6 nitrogen and oxygen atoms in total. The normalized spacial score (nSPS) is 19.8. The van der Waals surface area contributed by atoms with Crippen molar-refractivity contribution in [2.24, 2.45) is 5.92 Å². The second kappa shape index (κ2) is 8.09. The number of aryl methyl sites for hydroxylation is 1. The van der Waals surface area contributed by atoms with Gasteiger partial charge in [0.15, 0.2) is 5.82 Å². The Morgan fingerprint density at radius 2 is 1.82 bits per heavy atom. The summed E-state index contributed by atoms with van der Waals surface area (Å²) in [5.41, 5.74) is 1.83. The van der Waals surface area contributed by atoms with E-state index >= 15 is 0 Å². The van der Waals surface area contributed by atoms with Crippen molar-refractivity contribution in [2.45, 2.75) is 51.5 Å². The molecule has 6 heteroatoms. The van der Waals surface area contributed by atoms with Crippen LogP contribution in [0.15, 0.2) is 36.5 Å². The number of amides is 2. The van der Waals surface area contributed by atoms with Crippen molar-refractivity contribution < 1.29 is 9.59 Å². The number of para-hydroxylation sites is 1. The lowest BCUT2D eigenvalue weighted by atomic mass is 10.1. The fraction of sp³-hybridized carbons (Fsp3) is 0.455. The van der Waals surface area contributed by atoms with Crippen molar-refractivity contribution in [1.29, 1.82) is 0 Å². The van der Waals surface area contributed by atoms with Gasteiger partial charge in [-0.25, -0.2) is 9.97 Å². The zero-order valence-corrected chi connectivity index (χ0v) is 16.2. The number of anilines is 1. The van der Waals surface area contributed by atoms with E-state index in [2.05, 4.69) is 15.3 Å². The third kappa shape index (κ3) is 3.77. The van der Waals surface area contributed by atoms with Crippen LogP contribution in [-0.4, -0.2) is 33.2 Å². The molecule has 0 unspecified atom stereocenters. The molecule has 4 rings (SSSR count). The lowest BCUT2D eigenvalue weighted by molar-refractivity contribution is -0.136. The third-order valence-corrected chi connectivity index (χ3v) is 5.81. The van der Waals surface area contributed by atoms with Gasteiger partial charge in [-0.2, -0.15) is 0 Å². The van der Waals surface area contributed by atoms with Crippen LogP contribution in [0.2, 0.25) is 0 Å². The van der Waals surface area contributed by atoms with Gasteiger partial charge in [0.25, 0.3) is 5.91 Å². The highest BCUT2D eigenvalue weighted by molar-refractivity contribution is 6.04. The summed E-state index contributed by atoms with van der Waals surface area (Å²) in [5, 5.41) is 2.87. The molecule has 1 N–H and O–H groups in total. The number of rotatable bonds is 4. The first-order chi connectivity index (χ1) is 13.6. The second-order valence-corrected chi connectivity index (χ2v) is 7.72. The van der Waals surface area contributed by atoms with E-state index < -0.39 is 0 Å². The minimum Gasteiger partial charge on any atom is -0.332 e. The van der Waals surface area contributed by atoms with Crippen molar-refractivity contribution in [3.63, 3.8) is 0 Å². The molecule has 1 saturated carbocycles. The maximum absolute atomic E-state index is 12.9. The van der Waals surface area contributed by atoms with Crippen molar-refractivity contribution in [1.82, 2.24) is 14.9 Å². The Bertz CT molecular complexity index is 862. The van der Waals surface area contributed by atoms with E-state index in [1.807, 2.05) is 42.2 Å². The lowest BCUT2D eigenvalue weighted by Gasteiger charge is -2.26. The zero-order valence-electron chi connectivity index (χ0n) is 16.2. The highest BCUT2D eigenvalue weighted by Crippen LogP contribution is 2.35. The van der Waals surface area contributed by atoms with Crippen LogP contribution in [0.4, 0.5) is 5.69 Å². The molecule has 2 amide bonds. The van der Waals surface area contributed by atoms with E-state index in [1.54, 1.807) is 6.20 Å². The van der Waals surface area contributed by atoms with Crippen LogP contribution >= 0.6 is 0 Å². The highest BCUT2D eigenvalue weighted by atomic mass is 16.2. The Balaban J connectivity index is 1.50. The maximum Gasteiger partial charge on any atom is 0.259 e. The summed E-state index contributed by atoms with van der Waals surface area (Å²) >= 11 is 0. The molecule has 1 aliphatic heterocycles. The van der Waals surface area contributed by atoms with Gasteiger partial charge in [-0.3, -0.25) is 9.59 Å². The molecule has 1 aromatic heterocycles. The van der Waals surface area contributed by atoms with E-state index in [0.717, 1.165) is 50.8 Å². The Morgan fingerprint density at radius 3 is 2.54 bits per heavy atom. The van der Waals surface area contributed by atoms with E-state index in [0.29, 0.717) is 17.1 Å². The van der Waals surface area contributed by atoms with Gasteiger partial charge < -0.3 is 10.2 Å². The van der Waals surface area contributed by atoms with Crippen LogP contribution in [0.25, 0.3) is 0 Å². The van der Waals surface area contributed by atoms with Gasteiger partial charge in [0.1, 0.15) is 0 Å². The number of nitrogens with one attached hydrogen (secondary N) is 1. The van der Waals surface area contributed by atoms with Crippen molar-refractivity contribution in [3.05, 3.63) is 53.6 Å². The van der Waals surface area contributed by atoms with Crippen molar-refractivity contribution >= 4 is 17.5 Å². The Kier molecular flexibility index (Phi) is 5.37. The number of hydrogen-bond acceptors (Lipinski definition) is 4. The third-order valence-electron chi connectivity index (χ3n) is 5.81. The van der Waals surface area contributed by atoms with Crippen LogP contribution in [0.1, 0.15) is 66.4 Å². The van der Waals surface area contributed by atoms with E-state index in [-0.39, 0.29) is 23.8 Å². The second-order valence-electron chi connectivity index (χ2n) is 7.72. The molecule has 0 bridgehead atoms. The summed E-state index contributed by atoms with van der Waals surface area (Å²) in [6, 6.07) is 9.26. The SMILES string of the molecule is Cc1nc([C@H]2CCCN2C(=O)C2CCCC2)ncc1C(=O)Nc1ccccc1. The first kappa shape index (κ1) is 18.6. The van der Waals surface area contributed by atoms with Gasteiger partial charge >= 0.3 is 0 Å². The Labute approximate surface area is 165 Å². The number of aromatic nitrogens is 2. The smallest absolute Gasteiger partial charge is 0.259 e. The standard InChI is InChI=1S/C22H26N4O2/c1-15-18(21(27)25-17-10-3-2-4-11-17)14-23-20(24-15)19-12-7-13-26(19)22(28)16-8-5-6-9-16/h2-4,10-11,14,16,19H,5-9,12-13H2,1H3,(H,25,27)/t19-/m1/s1. The maximum atomic E-state index is 12.9. The molecule has 28 heavy (non-hydrogen) atoms. The molecule has 0 radical (unpaired) electrons. The number of carbonyl (C=O) groups excluding carboxylic acids is 2. The summed E-state index contributed by atoms with van der Waals surface area (Å²) in [4.78, 5) is 36.5. The molecule has 2 heterocycles. The van der Waals surface area contributed by atoms with Crippen LogP contribution in [0.5, 0.6) is 0 Å². The summed E-state index contributed by atoms with van der Waals surface area (Å²) in [5.74, 6) is 0.850. The number of hydrogen-bond donors (Lipinski definition) is 1. The molecule has 146 valence electrons. The van der Waals surface area contributed by atoms with Gasteiger partial charge in [0, 0.05) is 24.3 Å². The van der Waals surface area contributed by atoms with Gasteiger partial charge in [-0.05, 0) is 44.7 Å². The van der Waals surface area contributed by atoms with Gasteiger partial charge in [-0.1, -0.05) is 31.0 Å². The van der Waals surface area contributed by atoms with Gasteiger partial charge in [0.2, 0.25) is 5.91 Å². The Hall–Kier alpha value is -2.76. The van der Waals surface area contributed by atoms with Crippen molar-refractivity contribution in [3.8, 4) is 0 Å². The van der Waals surface area contributed by atoms with Gasteiger partial charge in [0.05, 0.1) is 17.3 Å². The summed E-state index contributed by atoms with van der Waals surface area (Å²) in [6.07, 6.45) is 7.74. The van der Waals surface area contributed by atoms with Crippen LogP contribution in [0, 0.1) is 12.8 Å². The van der Waals surface area contributed by atoms with Crippen molar-refractivity contribution in [2.75, 3.05) is 11.9 Å². The molecule has 2 aliphatic rings. The highest BCUT2D eigenvalue weighted by Gasteiger charge is 2.36. The molecule has 2 aromatic rings. The fourth-order valence-corrected chi connectivity index (χ4v) is 4.29. The average molecular weight is 378 g/mol.